The second-order valence-electron chi connectivity index (χ2n) is 10.3. The van der Waals surface area contributed by atoms with Gasteiger partial charge in [0, 0.05) is 12.0 Å². The van der Waals surface area contributed by atoms with E-state index in [0.29, 0.717) is 6.54 Å². The summed E-state index contributed by atoms with van der Waals surface area (Å²) in [6, 6.07) is 12.7. The van der Waals surface area contributed by atoms with Crippen LogP contribution in [0, 0.1) is 19.3 Å². The lowest BCUT2D eigenvalue weighted by molar-refractivity contribution is 0.0216. The Bertz CT molecular complexity index is 1070. The highest BCUT2D eigenvalue weighted by Gasteiger charge is 2.31. The summed E-state index contributed by atoms with van der Waals surface area (Å²) in [5.74, 6) is 0.871. The maximum atomic E-state index is 11.8. The second-order valence-corrected chi connectivity index (χ2v) is 12.4. The molecule has 190 valence electrons. The quantitative estimate of drug-likeness (QED) is 0.429. The molecule has 34 heavy (non-hydrogen) atoms. The van der Waals surface area contributed by atoms with Crippen molar-refractivity contribution < 1.29 is 18.3 Å². The standard InChI is InChI=1S/C28H43NO4S/c1-9-28(10-2,23-13-12-22(20(4)16-23)18-29-34(31,32)11-3)24-14-15-25(21(5)17-24)33-19-26(30)27(6,7)8/h12-17,26,29-30H,9-11,18-19H2,1-8H3. The van der Waals surface area contributed by atoms with Crippen molar-refractivity contribution in [3.63, 3.8) is 0 Å². The Hall–Kier alpha value is -1.89. The molecule has 1 atom stereocenters. The molecule has 0 amide bonds. The predicted molar refractivity (Wildman–Crippen MR) is 141 cm³/mol. The minimum Gasteiger partial charge on any atom is -0.491 e. The topological polar surface area (TPSA) is 75.6 Å². The van der Waals surface area contributed by atoms with E-state index in [1.54, 1.807) is 6.92 Å². The van der Waals surface area contributed by atoms with Crippen LogP contribution < -0.4 is 9.46 Å². The molecule has 2 aromatic carbocycles. The fourth-order valence-electron chi connectivity index (χ4n) is 4.24. The monoisotopic (exact) mass is 489 g/mol. The molecule has 0 heterocycles. The summed E-state index contributed by atoms with van der Waals surface area (Å²) in [7, 11) is -3.23. The third-order valence-corrected chi connectivity index (χ3v) is 8.43. The SMILES string of the molecule is CCC(CC)(c1ccc(CNS(=O)(=O)CC)c(C)c1)c1ccc(OCC(O)C(C)(C)C)c(C)c1. The lowest BCUT2D eigenvalue weighted by atomic mass is 9.70. The van der Waals surface area contributed by atoms with Gasteiger partial charge in [0.2, 0.25) is 10.0 Å². The molecule has 2 aromatic rings. The molecule has 0 aromatic heterocycles. The first-order valence-corrected chi connectivity index (χ1v) is 13.9. The van der Waals surface area contributed by atoms with Crippen LogP contribution in [0.1, 0.15) is 82.2 Å². The van der Waals surface area contributed by atoms with Crippen molar-refractivity contribution in [1.29, 1.82) is 0 Å². The van der Waals surface area contributed by atoms with E-state index in [9.17, 15) is 13.5 Å². The zero-order valence-corrected chi connectivity index (χ0v) is 23.0. The van der Waals surface area contributed by atoms with E-state index in [-0.39, 0.29) is 23.2 Å². The minimum absolute atomic E-state index is 0.0765. The highest BCUT2D eigenvalue weighted by Crippen LogP contribution is 2.41. The van der Waals surface area contributed by atoms with Crippen molar-refractivity contribution in [2.75, 3.05) is 12.4 Å². The van der Waals surface area contributed by atoms with Crippen LogP contribution >= 0.6 is 0 Å². The van der Waals surface area contributed by atoms with E-state index in [2.05, 4.69) is 42.8 Å². The maximum absolute atomic E-state index is 11.8. The van der Waals surface area contributed by atoms with Gasteiger partial charge in [0.05, 0.1) is 11.9 Å². The summed E-state index contributed by atoms with van der Waals surface area (Å²) in [5, 5.41) is 10.3. The van der Waals surface area contributed by atoms with Crippen molar-refractivity contribution >= 4 is 10.0 Å². The number of aliphatic hydroxyl groups is 1. The van der Waals surface area contributed by atoms with Gasteiger partial charge in [-0.2, -0.15) is 0 Å². The first-order valence-electron chi connectivity index (χ1n) is 12.3. The normalized spacial score (nSPS) is 13.7. The third kappa shape index (κ3) is 6.61. The molecule has 0 aliphatic rings. The predicted octanol–water partition coefficient (Wildman–Crippen LogP) is 5.63. The van der Waals surface area contributed by atoms with Crippen LogP contribution in [0.15, 0.2) is 36.4 Å². The zero-order valence-electron chi connectivity index (χ0n) is 22.2. The fraction of sp³-hybridized carbons (Fsp3) is 0.571. The number of aliphatic hydroxyl groups excluding tert-OH is 1. The summed E-state index contributed by atoms with van der Waals surface area (Å²) in [5.41, 5.74) is 5.20. The molecule has 0 aliphatic heterocycles. The van der Waals surface area contributed by atoms with E-state index >= 15 is 0 Å². The van der Waals surface area contributed by atoms with Gasteiger partial charge in [0.15, 0.2) is 0 Å². The van der Waals surface area contributed by atoms with E-state index in [4.69, 9.17) is 4.74 Å². The Kier molecular flexibility index (Phi) is 9.37. The number of aryl methyl sites for hydroxylation is 2. The first-order chi connectivity index (χ1) is 15.8. The first kappa shape index (κ1) is 28.3. The number of nitrogens with one attached hydrogen (secondary N) is 1. The van der Waals surface area contributed by atoms with Gasteiger partial charge in [-0.05, 0) is 72.9 Å². The summed E-state index contributed by atoms with van der Waals surface area (Å²) in [4.78, 5) is 0. The Labute approximate surface area is 207 Å². The lowest BCUT2D eigenvalue weighted by Crippen LogP contribution is -2.32. The molecule has 0 saturated heterocycles. The number of ether oxygens (including phenoxy) is 1. The van der Waals surface area contributed by atoms with Gasteiger partial charge >= 0.3 is 0 Å². The molecule has 5 nitrogen and oxygen atoms in total. The Morgan fingerprint density at radius 3 is 1.97 bits per heavy atom. The molecule has 1 unspecified atom stereocenters. The third-order valence-electron chi connectivity index (χ3n) is 7.09. The van der Waals surface area contributed by atoms with Crippen LogP contribution in [0.5, 0.6) is 5.75 Å². The zero-order chi connectivity index (χ0) is 25.7. The molecule has 0 aliphatic carbocycles. The molecule has 0 bridgehead atoms. The molecule has 0 saturated carbocycles. The van der Waals surface area contributed by atoms with Crippen molar-refractivity contribution in [2.45, 2.75) is 86.3 Å². The van der Waals surface area contributed by atoms with Gasteiger partial charge in [-0.15, -0.1) is 0 Å². The summed E-state index contributed by atoms with van der Waals surface area (Å²) >= 11 is 0. The Morgan fingerprint density at radius 1 is 0.941 bits per heavy atom. The van der Waals surface area contributed by atoms with Crippen LogP contribution in [0.4, 0.5) is 0 Å². The van der Waals surface area contributed by atoms with Crippen LogP contribution in [-0.2, 0) is 22.0 Å². The van der Waals surface area contributed by atoms with E-state index in [1.807, 2.05) is 46.8 Å². The highest BCUT2D eigenvalue weighted by molar-refractivity contribution is 7.89. The van der Waals surface area contributed by atoms with E-state index in [1.165, 1.54) is 11.1 Å². The average Bonchev–Trinajstić information content (AvgIpc) is 2.78. The molecular formula is C28H43NO4S. The van der Waals surface area contributed by atoms with Crippen molar-refractivity contribution in [1.82, 2.24) is 4.72 Å². The van der Waals surface area contributed by atoms with Crippen LogP contribution in [0.3, 0.4) is 0 Å². The van der Waals surface area contributed by atoms with Crippen molar-refractivity contribution in [3.8, 4) is 5.75 Å². The molecule has 0 radical (unpaired) electrons. The molecule has 2 N–H and O–H groups in total. The molecule has 0 spiro atoms. The number of benzene rings is 2. The number of sulfonamides is 1. The molecular weight excluding hydrogens is 446 g/mol. The number of hydrogen-bond acceptors (Lipinski definition) is 4. The summed E-state index contributed by atoms with van der Waals surface area (Å²) in [6.45, 7) is 16.7. The smallest absolute Gasteiger partial charge is 0.211 e. The number of rotatable bonds is 11. The van der Waals surface area contributed by atoms with E-state index in [0.717, 1.165) is 35.3 Å². The van der Waals surface area contributed by atoms with Gasteiger partial charge < -0.3 is 9.84 Å². The lowest BCUT2D eigenvalue weighted by Gasteiger charge is -2.34. The van der Waals surface area contributed by atoms with Gasteiger partial charge in [-0.25, -0.2) is 13.1 Å². The molecule has 6 heteroatoms. The second kappa shape index (κ2) is 11.2. The van der Waals surface area contributed by atoms with Crippen molar-refractivity contribution in [3.05, 3.63) is 64.2 Å². The minimum atomic E-state index is -3.23. The Morgan fingerprint density at radius 2 is 1.50 bits per heavy atom. The summed E-state index contributed by atoms with van der Waals surface area (Å²) in [6.07, 6.45) is 1.33. The molecule has 0 fully saturated rings. The van der Waals surface area contributed by atoms with Gasteiger partial charge in [-0.1, -0.05) is 65.0 Å². The van der Waals surface area contributed by atoms with Gasteiger partial charge in [0.25, 0.3) is 0 Å². The summed E-state index contributed by atoms with van der Waals surface area (Å²) < 4.78 is 32.3. The molecule has 2 rings (SSSR count). The average molecular weight is 490 g/mol. The van der Waals surface area contributed by atoms with Crippen LogP contribution in [0.25, 0.3) is 0 Å². The van der Waals surface area contributed by atoms with Crippen LogP contribution in [-0.4, -0.2) is 32.0 Å². The fourth-order valence-corrected chi connectivity index (χ4v) is 4.82. The maximum Gasteiger partial charge on any atom is 0.211 e. The largest absolute Gasteiger partial charge is 0.491 e. The van der Waals surface area contributed by atoms with Gasteiger partial charge in [-0.3, -0.25) is 0 Å². The number of hydrogen-bond donors (Lipinski definition) is 2. The van der Waals surface area contributed by atoms with E-state index < -0.39 is 16.1 Å². The Balaban J connectivity index is 2.34. The van der Waals surface area contributed by atoms with Gasteiger partial charge in [0.1, 0.15) is 12.4 Å². The van der Waals surface area contributed by atoms with Crippen molar-refractivity contribution in [2.24, 2.45) is 5.41 Å². The van der Waals surface area contributed by atoms with Crippen LogP contribution in [0.2, 0.25) is 0 Å². The highest BCUT2D eigenvalue weighted by atomic mass is 32.2.